The summed E-state index contributed by atoms with van der Waals surface area (Å²) >= 11 is 0. The maximum absolute atomic E-state index is 12.8. The fourth-order valence-electron chi connectivity index (χ4n) is 2.35. The van der Waals surface area contributed by atoms with E-state index in [-0.39, 0.29) is 12.4 Å². The van der Waals surface area contributed by atoms with Gasteiger partial charge in [0.1, 0.15) is 5.41 Å². The van der Waals surface area contributed by atoms with E-state index < -0.39 is 11.4 Å². The Morgan fingerprint density at radius 3 is 2.59 bits per heavy atom. The molecule has 0 spiro atoms. The summed E-state index contributed by atoms with van der Waals surface area (Å²) in [6, 6.07) is 5.06. The van der Waals surface area contributed by atoms with E-state index in [4.69, 9.17) is 4.74 Å². The molecule has 6 heteroatoms. The number of aryl methyl sites for hydroxylation is 1. The van der Waals surface area contributed by atoms with Crippen molar-refractivity contribution < 1.29 is 19.4 Å². The molecular weight excluding hydrogens is 284 g/mol. The van der Waals surface area contributed by atoms with Crippen molar-refractivity contribution in [1.82, 2.24) is 9.61 Å². The molecule has 2 aromatic heterocycles. The molecule has 2 aromatic rings. The molecule has 6 nitrogen and oxygen atoms in total. The lowest BCUT2D eigenvalue weighted by Crippen LogP contribution is -2.34. The van der Waals surface area contributed by atoms with Gasteiger partial charge in [-0.3, -0.25) is 9.59 Å². The second-order valence-corrected chi connectivity index (χ2v) is 5.63. The Bertz CT molecular complexity index is 731. The van der Waals surface area contributed by atoms with Gasteiger partial charge < -0.3 is 9.84 Å². The number of carbonyl (C=O) groups is 2. The predicted molar refractivity (Wildman–Crippen MR) is 80.6 cm³/mol. The third-order valence-corrected chi connectivity index (χ3v) is 3.78. The molecule has 0 bridgehead atoms. The molecule has 0 saturated carbocycles. The van der Waals surface area contributed by atoms with Crippen LogP contribution in [0.1, 0.15) is 42.5 Å². The molecule has 1 N–H and O–H groups in total. The lowest BCUT2D eigenvalue weighted by Gasteiger charge is -2.20. The van der Waals surface area contributed by atoms with E-state index in [1.54, 1.807) is 22.7 Å². The molecule has 2 heterocycles. The smallest absolute Gasteiger partial charge is 0.319 e. The summed E-state index contributed by atoms with van der Waals surface area (Å²) in [6.07, 6.45) is 0.709. The zero-order valence-electron chi connectivity index (χ0n) is 13.2. The first-order valence-electron chi connectivity index (χ1n) is 7.11. The summed E-state index contributed by atoms with van der Waals surface area (Å²) in [7, 11) is 1.26. The number of aliphatic hydroxyl groups is 1. The number of Topliss-reactive ketones (excluding diaryl/α,β-unsaturated/α-hetero) is 1. The normalized spacial score (nSPS) is 11.7. The maximum Gasteiger partial charge on any atom is 0.319 e. The number of methoxy groups -OCH3 is 1. The Morgan fingerprint density at radius 2 is 2.05 bits per heavy atom. The molecule has 0 radical (unpaired) electrons. The van der Waals surface area contributed by atoms with E-state index in [9.17, 15) is 14.7 Å². The lowest BCUT2D eigenvalue weighted by atomic mass is 9.84. The van der Waals surface area contributed by atoms with Crippen molar-refractivity contribution in [3.63, 3.8) is 0 Å². The highest BCUT2D eigenvalue weighted by Gasteiger charge is 2.38. The topological polar surface area (TPSA) is 80.9 Å². The largest absolute Gasteiger partial charge is 0.468 e. The number of nitrogens with zero attached hydrogens (tertiary/aromatic N) is 2. The van der Waals surface area contributed by atoms with Crippen molar-refractivity contribution in [2.75, 3.05) is 7.11 Å². The van der Waals surface area contributed by atoms with Crippen LogP contribution in [0.2, 0.25) is 0 Å². The van der Waals surface area contributed by atoms with E-state index >= 15 is 0 Å². The van der Waals surface area contributed by atoms with Gasteiger partial charge in [-0.15, -0.1) is 0 Å². The van der Waals surface area contributed by atoms with Crippen LogP contribution in [0, 0.1) is 5.41 Å². The first-order chi connectivity index (χ1) is 10.4. The Morgan fingerprint density at radius 1 is 1.36 bits per heavy atom. The summed E-state index contributed by atoms with van der Waals surface area (Å²) in [4.78, 5) is 24.6. The third kappa shape index (κ3) is 2.50. The minimum atomic E-state index is -1.29. The minimum Gasteiger partial charge on any atom is -0.468 e. The van der Waals surface area contributed by atoms with Crippen LogP contribution in [0.15, 0.2) is 18.2 Å². The summed E-state index contributed by atoms with van der Waals surface area (Å²) in [5, 5.41) is 13.8. The fourth-order valence-corrected chi connectivity index (χ4v) is 2.35. The van der Waals surface area contributed by atoms with E-state index in [0.29, 0.717) is 23.2 Å². The summed E-state index contributed by atoms with van der Waals surface area (Å²) in [6.45, 7) is 4.85. The molecule has 0 fully saturated rings. The standard InChI is InChI=1S/C16H20N2O4/c1-5-10-8-13-12(7-6-11(9-19)18(13)17-10)14(20)16(2,3)15(21)22-4/h6-8,19H,5,9H2,1-4H3. The van der Waals surface area contributed by atoms with Crippen molar-refractivity contribution in [2.24, 2.45) is 5.41 Å². The Balaban J connectivity index is 2.63. The number of hydrogen-bond acceptors (Lipinski definition) is 5. The number of aromatic nitrogens is 2. The number of fused-ring (bicyclic) bond motifs is 1. The second kappa shape index (κ2) is 5.88. The third-order valence-electron chi connectivity index (χ3n) is 3.78. The Hall–Kier alpha value is -2.21. The highest BCUT2D eigenvalue weighted by Crippen LogP contribution is 2.27. The van der Waals surface area contributed by atoms with Gasteiger partial charge in [0, 0.05) is 5.56 Å². The molecule has 0 amide bonds. The number of esters is 1. The van der Waals surface area contributed by atoms with Gasteiger partial charge in [-0.25, -0.2) is 4.52 Å². The average molecular weight is 304 g/mol. The van der Waals surface area contributed by atoms with E-state index in [2.05, 4.69) is 5.10 Å². The molecule has 0 aliphatic heterocycles. The van der Waals surface area contributed by atoms with E-state index in [1.807, 2.05) is 6.92 Å². The van der Waals surface area contributed by atoms with Crippen LogP contribution in [0.4, 0.5) is 0 Å². The molecule has 2 rings (SSSR count). The van der Waals surface area contributed by atoms with Crippen LogP contribution in [-0.2, 0) is 22.6 Å². The number of pyridine rings is 1. The SMILES string of the molecule is CCc1cc2c(C(=O)C(C)(C)C(=O)OC)ccc(CO)n2n1. The van der Waals surface area contributed by atoms with E-state index in [0.717, 1.165) is 5.69 Å². The summed E-state index contributed by atoms with van der Waals surface area (Å²) < 4.78 is 6.27. The molecule has 0 atom stereocenters. The van der Waals surface area contributed by atoms with Gasteiger partial charge in [0.05, 0.1) is 30.6 Å². The number of rotatable bonds is 5. The van der Waals surface area contributed by atoms with Crippen molar-refractivity contribution in [3.05, 3.63) is 35.2 Å². The Labute approximate surface area is 128 Å². The number of hydrogen-bond donors (Lipinski definition) is 1. The molecule has 0 saturated heterocycles. The lowest BCUT2D eigenvalue weighted by molar-refractivity contribution is -0.147. The number of carbonyl (C=O) groups excluding carboxylic acids is 2. The number of ether oxygens (including phenoxy) is 1. The zero-order valence-corrected chi connectivity index (χ0v) is 13.2. The predicted octanol–water partition coefficient (Wildman–Crippen LogP) is 1.77. The first-order valence-corrected chi connectivity index (χ1v) is 7.11. The van der Waals surface area contributed by atoms with Gasteiger partial charge in [-0.2, -0.15) is 5.10 Å². The molecule has 118 valence electrons. The van der Waals surface area contributed by atoms with Gasteiger partial charge in [-0.1, -0.05) is 6.92 Å². The van der Waals surface area contributed by atoms with Crippen molar-refractivity contribution >= 4 is 17.3 Å². The highest BCUT2D eigenvalue weighted by atomic mass is 16.5. The monoisotopic (exact) mass is 304 g/mol. The fraction of sp³-hybridized carbons (Fsp3) is 0.438. The van der Waals surface area contributed by atoms with Crippen molar-refractivity contribution in [1.29, 1.82) is 0 Å². The minimum absolute atomic E-state index is 0.184. The van der Waals surface area contributed by atoms with Gasteiger partial charge in [0.15, 0.2) is 5.78 Å². The van der Waals surface area contributed by atoms with Crippen LogP contribution in [0.25, 0.3) is 5.52 Å². The maximum atomic E-state index is 12.8. The van der Waals surface area contributed by atoms with Crippen LogP contribution in [-0.4, -0.2) is 33.6 Å². The number of ketones is 1. The van der Waals surface area contributed by atoms with Crippen LogP contribution in [0.3, 0.4) is 0 Å². The quantitative estimate of drug-likeness (QED) is 0.517. The average Bonchev–Trinajstić information content (AvgIpc) is 2.96. The van der Waals surface area contributed by atoms with Gasteiger partial charge >= 0.3 is 5.97 Å². The summed E-state index contributed by atoms with van der Waals surface area (Å²) in [5.74, 6) is -0.923. The second-order valence-electron chi connectivity index (χ2n) is 5.63. The van der Waals surface area contributed by atoms with Crippen molar-refractivity contribution in [3.8, 4) is 0 Å². The van der Waals surface area contributed by atoms with Crippen molar-refractivity contribution in [2.45, 2.75) is 33.8 Å². The molecule has 22 heavy (non-hydrogen) atoms. The first kappa shape index (κ1) is 16.2. The zero-order chi connectivity index (χ0) is 16.5. The number of aliphatic hydroxyl groups excluding tert-OH is 1. The molecule has 0 aliphatic rings. The molecule has 0 aliphatic carbocycles. The van der Waals surface area contributed by atoms with E-state index in [1.165, 1.54) is 21.0 Å². The summed E-state index contributed by atoms with van der Waals surface area (Å²) in [5.41, 5.74) is 1.09. The van der Waals surface area contributed by atoms with Gasteiger partial charge in [0.2, 0.25) is 0 Å². The molecular formula is C16H20N2O4. The molecule has 0 aromatic carbocycles. The van der Waals surface area contributed by atoms with Gasteiger partial charge in [0.25, 0.3) is 0 Å². The van der Waals surface area contributed by atoms with Gasteiger partial charge in [-0.05, 0) is 38.5 Å². The van der Waals surface area contributed by atoms with Crippen LogP contribution in [0.5, 0.6) is 0 Å². The van der Waals surface area contributed by atoms with Crippen LogP contribution < -0.4 is 0 Å². The highest BCUT2D eigenvalue weighted by molar-refractivity contribution is 6.14. The van der Waals surface area contributed by atoms with Crippen LogP contribution >= 0.6 is 0 Å². The molecule has 0 unspecified atom stereocenters. The Kier molecular flexibility index (Phi) is 4.32.